The summed E-state index contributed by atoms with van der Waals surface area (Å²) in [6.45, 7) is 8.74. The molecule has 5 heteroatoms. The summed E-state index contributed by atoms with van der Waals surface area (Å²) in [6.07, 6.45) is 2.42. The Kier molecular flexibility index (Phi) is 3.92. The number of aromatic nitrogens is 3. The third-order valence-electron chi connectivity index (χ3n) is 3.73. The molecule has 0 spiro atoms. The van der Waals surface area contributed by atoms with Gasteiger partial charge in [-0.15, -0.1) is 0 Å². The van der Waals surface area contributed by atoms with Crippen molar-refractivity contribution in [2.75, 3.05) is 23.9 Å². The van der Waals surface area contributed by atoms with E-state index in [-0.39, 0.29) is 0 Å². The van der Waals surface area contributed by atoms with Gasteiger partial charge in [0.15, 0.2) is 0 Å². The van der Waals surface area contributed by atoms with Gasteiger partial charge in [-0.1, -0.05) is 13.8 Å². The lowest BCUT2D eigenvalue weighted by molar-refractivity contribution is 0.652. The third-order valence-corrected chi connectivity index (χ3v) is 3.73. The van der Waals surface area contributed by atoms with E-state index in [4.69, 9.17) is 0 Å². The van der Waals surface area contributed by atoms with Gasteiger partial charge in [-0.05, 0) is 26.7 Å². The summed E-state index contributed by atoms with van der Waals surface area (Å²) < 4.78 is 0. The molecule has 1 saturated heterocycles. The monoisotopic (exact) mass is 263 g/mol. The molecule has 106 valence electrons. The van der Waals surface area contributed by atoms with Gasteiger partial charge in [-0.2, -0.15) is 15.0 Å². The predicted molar refractivity (Wildman–Crippen MR) is 78.9 cm³/mol. The van der Waals surface area contributed by atoms with Crippen LogP contribution in [0.25, 0.3) is 0 Å². The minimum atomic E-state index is 0.314. The Labute approximate surface area is 116 Å². The van der Waals surface area contributed by atoms with Crippen LogP contribution in [0.1, 0.15) is 52.3 Å². The van der Waals surface area contributed by atoms with Crippen LogP contribution in [0, 0.1) is 0 Å². The average molecular weight is 263 g/mol. The van der Waals surface area contributed by atoms with Gasteiger partial charge in [0.25, 0.3) is 0 Å². The fraction of sp³-hybridized carbons (Fsp3) is 0.786. The first-order valence-electron chi connectivity index (χ1n) is 7.11. The molecule has 0 aromatic carbocycles. The molecule has 0 bridgehead atoms. The second-order valence-electron chi connectivity index (χ2n) is 6.03. The van der Waals surface area contributed by atoms with Crippen LogP contribution in [0.15, 0.2) is 0 Å². The van der Waals surface area contributed by atoms with Gasteiger partial charge in [-0.25, -0.2) is 0 Å². The van der Waals surface area contributed by atoms with Crippen LogP contribution in [-0.4, -0.2) is 41.1 Å². The fourth-order valence-electron chi connectivity index (χ4n) is 2.53. The molecule has 1 aromatic rings. The molecule has 5 nitrogen and oxygen atoms in total. The summed E-state index contributed by atoms with van der Waals surface area (Å²) in [6, 6.07) is 1.01. The second-order valence-corrected chi connectivity index (χ2v) is 6.03. The van der Waals surface area contributed by atoms with Crippen molar-refractivity contribution in [2.45, 2.75) is 58.5 Å². The van der Waals surface area contributed by atoms with Crippen molar-refractivity contribution in [1.29, 1.82) is 0 Å². The van der Waals surface area contributed by atoms with Crippen LogP contribution >= 0.6 is 0 Å². The summed E-state index contributed by atoms with van der Waals surface area (Å²) in [5.41, 5.74) is 0. The van der Waals surface area contributed by atoms with E-state index >= 15 is 0 Å². The maximum Gasteiger partial charge on any atom is 0.230 e. The number of hydrogen-bond donors (Lipinski definition) is 0. The highest BCUT2D eigenvalue weighted by Crippen LogP contribution is 2.29. The number of rotatable bonds is 3. The smallest absolute Gasteiger partial charge is 0.230 e. The van der Waals surface area contributed by atoms with E-state index in [1.54, 1.807) is 0 Å². The van der Waals surface area contributed by atoms with Crippen LogP contribution in [0.4, 0.5) is 11.9 Å². The topological polar surface area (TPSA) is 45.2 Å². The molecule has 19 heavy (non-hydrogen) atoms. The molecule has 0 radical (unpaired) electrons. The maximum absolute atomic E-state index is 4.68. The second kappa shape index (κ2) is 5.31. The van der Waals surface area contributed by atoms with E-state index in [2.05, 4.69) is 47.5 Å². The van der Waals surface area contributed by atoms with Gasteiger partial charge >= 0.3 is 0 Å². The Hall–Kier alpha value is -1.39. The number of anilines is 2. The van der Waals surface area contributed by atoms with Gasteiger partial charge in [0, 0.05) is 32.1 Å². The Morgan fingerprint density at radius 1 is 1.05 bits per heavy atom. The molecular weight excluding hydrogens is 238 g/mol. The molecule has 1 aliphatic heterocycles. The first-order valence-corrected chi connectivity index (χ1v) is 7.11. The zero-order chi connectivity index (χ0) is 14.2. The van der Waals surface area contributed by atoms with Gasteiger partial charge in [0.05, 0.1) is 0 Å². The van der Waals surface area contributed by atoms with Crippen LogP contribution in [0.2, 0.25) is 0 Å². The fourth-order valence-corrected chi connectivity index (χ4v) is 2.53. The molecule has 1 fully saturated rings. The first kappa shape index (κ1) is 14.0. The Morgan fingerprint density at radius 2 is 1.63 bits per heavy atom. The van der Waals surface area contributed by atoms with Crippen LogP contribution < -0.4 is 9.80 Å². The third kappa shape index (κ3) is 2.80. The molecular formula is C14H25N5. The summed E-state index contributed by atoms with van der Waals surface area (Å²) in [5.74, 6) is 2.77. The molecule has 0 amide bonds. The molecule has 2 atom stereocenters. The number of hydrogen-bond acceptors (Lipinski definition) is 5. The van der Waals surface area contributed by atoms with E-state index in [1.807, 2.05) is 19.0 Å². The summed E-state index contributed by atoms with van der Waals surface area (Å²) in [4.78, 5) is 18.1. The van der Waals surface area contributed by atoms with Crippen molar-refractivity contribution < 1.29 is 0 Å². The van der Waals surface area contributed by atoms with E-state index in [9.17, 15) is 0 Å². The molecule has 0 aliphatic carbocycles. The highest BCUT2D eigenvalue weighted by atomic mass is 15.4. The molecule has 0 saturated carbocycles. The maximum atomic E-state index is 4.68. The molecule has 2 heterocycles. The van der Waals surface area contributed by atoms with E-state index < -0.39 is 0 Å². The Morgan fingerprint density at radius 3 is 2.11 bits per heavy atom. The molecule has 2 rings (SSSR count). The van der Waals surface area contributed by atoms with Gasteiger partial charge in [-0.3, -0.25) is 0 Å². The lowest BCUT2D eigenvalue weighted by atomic mass is 10.2. The van der Waals surface area contributed by atoms with Crippen molar-refractivity contribution in [3.63, 3.8) is 0 Å². The predicted octanol–water partition coefficient (Wildman–Crippen LogP) is 2.44. The lowest BCUT2D eigenvalue weighted by Gasteiger charge is -2.27. The Balaban J connectivity index is 2.44. The van der Waals surface area contributed by atoms with E-state index in [0.29, 0.717) is 18.0 Å². The standard InChI is InChI=1S/C14H25N5/c1-9(2)12-15-13(18(5)6)17-14(16-12)19-10(3)7-8-11(19)4/h9-11H,7-8H2,1-6H3. The van der Waals surface area contributed by atoms with Crippen molar-refractivity contribution in [1.82, 2.24) is 15.0 Å². The molecule has 0 N–H and O–H groups in total. The largest absolute Gasteiger partial charge is 0.347 e. The van der Waals surface area contributed by atoms with Crippen molar-refractivity contribution in [2.24, 2.45) is 0 Å². The SMILES string of the molecule is CC(C)c1nc(N(C)C)nc(N2C(C)CCC2C)n1. The van der Waals surface area contributed by atoms with Crippen LogP contribution in [-0.2, 0) is 0 Å². The molecule has 2 unspecified atom stereocenters. The lowest BCUT2D eigenvalue weighted by Crippen LogP contribution is -2.35. The summed E-state index contributed by atoms with van der Waals surface area (Å²) in [5, 5.41) is 0. The van der Waals surface area contributed by atoms with Gasteiger partial charge < -0.3 is 9.80 Å². The van der Waals surface area contributed by atoms with Crippen molar-refractivity contribution >= 4 is 11.9 Å². The number of nitrogens with zero attached hydrogens (tertiary/aromatic N) is 5. The highest BCUT2D eigenvalue weighted by molar-refractivity contribution is 5.41. The first-order chi connectivity index (χ1) is 8.90. The zero-order valence-electron chi connectivity index (χ0n) is 12.9. The van der Waals surface area contributed by atoms with E-state index in [0.717, 1.165) is 17.7 Å². The average Bonchev–Trinajstić information content (AvgIpc) is 2.68. The van der Waals surface area contributed by atoms with Crippen LogP contribution in [0.3, 0.4) is 0 Å². The highest BCUT2D eigenvalue weighted by Gasteiger charge is 2.30. The van der Waals surface area contributed by atoms with Gasteiger partial charge in [0.2, 0.25) is 11.9 Å². The minimum absolute atomic E-state index is 0.314. The summed E-state index contributed by atoms with van der Waals surface area (Å²) >= 11 is 0. The van der Waals surface area contributed by atoms with Crippen molar-refractivity contribution in [3.8, 4) is 0 Å². The minimum Gasteiger partial charge on any atom is -0.347 e. The Bertz CT molecular complexity index is 407. The zero-order valence-corrected chi connectivity index (χ0v) is 12.9. The van der Waals surface area contributed by atoms with E-state index in [1.165, 1.54) is 12.8 Å². The molecule has 1 aromatic heterocycles. The van der Waals surface area contributed by atoms with Gasteiger partial charge in [0.1, 0.15) is 5.82 Å². The van der Waals surface area contributed by atoms with Crippen LogP contribution in [0.5, 0.6) is 0 Å². The normalized spacial score (nSPS) is 23.2. The molecule has 1 aliphatic rings. The summed E-state index contributed by atoms with van der Waals surface area (Å²) in [7, 11) is 3.94. The van der Waals surface area contributed by atoms with Crippen molar-refractivity contribution in [3.05, 3.63) is 5.82 Å². The quantitative estimate of drug-likeness (QED) is 0.838.